The average Bonchev–Trinajstić information content (AvgIpc) is 3.27. The van der Waals surface area contributed by atoms with Gasteiger partial charge in [0.15, 0.2) is 6.61 Å². The van der Waals surface area contributed by atoms with E-state index in [2.05, 4.69) is 31.3 Å². The van der Waals surface area contributed by atoms with Crippen LogP contribution in [-0.4, -0.2) is 30.0 Å². The van der Waals surface area contributed by atoms with Crippen LogP contribution >= 0.6 is 11.3 Å². The number of nitrogens with one attached hydrogen (secondary N) is 1. The number of hydrogen-bond acceptors (Lipinski definition) is 6. The van der Waals surface area contributed by atoms with Crippen molar-refractivity contribution in [1.29, 1.82) is 0 Å². The van der Waals surface area contributed by atoms with Gasteiger partial charge in [0.1, 0.15) is 11.5 Å². The summed E-state index contributed by atoms with van der Waals surface area (Å²) in [5.41, 5.74) is 6.59. The summed E-state index contributed by atoms with van der Waals surface area (Å²) >= 11 is 1.50. The molecule has 5 rings (SSSR count). The number of ether oxygens (including phenoxy) is 2. The molecule has 0 unspecified atom stereocenters. The number of aromatic nitrogens is 1. The van der Waals surface area contributed by atoms with Crippen LogP contribution in [-0.2, 0) is 4.79 Å². The topological polar surface area (TPSA) is 77.2 Å². The fraction of sp³-hybridized carbons (Fsp3) is 0.179. The molecule has 2 heterocycles. The summed E-state index contributed by atoms with van der Waals surface area (Å²) in [6.45, 7) is 6.77. The van der Waals surface area contributed by atoms with Gasteiger partial charge in [-0.1, -0.05) is 6.07 Å². The molecule has 0 bridgehead atoms. The Labute approximate surface area is 213 Å². The second-order valence-electron chi connectivity index (χ2n) is 8.39. The maximum Gasteiger partial charge on any atom is 0.262 e. The molecule has 8 heteroatoms. The van der Waals surface area contributed by atoms with Crippen LogP contribution in [0, 0.1) is 13.8 Å². The highest BCUT2D eigenvalue weighted by Crippen LogP contribution is 2.33. The minimum Gasteiger partial charge on any atom is -0.494 e. The van der Waals surface area contributed by atoms with Crippen LogP contribution in [0.4, 0.5) is 11.4 Å². The van der Waals surface area contributed by atoms with E-state index >= 15 is 0 Å². The van der Waals surface area contributed by atoms with Gasteiger partial charge in [0, 0.05) is 10.9 Å². The summed E-state index contributed by atoms with van der Waals surface area (Å²) in [5, 5.41) is 9.69. The number of anilines is 1. The largest absolute Gasteiger partial charge is 0.494 e. The van der Waals surface area contributed by atoms with E-state index in [0.29, 0.717) is 18.0 Å². The Balaban J connectivity index is 1.58. The van der Waals surface area contributed by atoms with Gasteiger partial charge in [-0.05, 0) is 92.1 Å². The van der Waals surface area contributed by atoms with Crippen molar-refractivity contribution in [3.05, 3.63) is 87.5 Å². The quantitative estimate of drug-likeness (QED) is 0.348. The van der Waals surface area contributed by atoms with E-state index in [-0.39, 0.29) is 12.5 Å². The second-order valence-corrected chi connectivity index (χ2v) is 9.23. The van der Waals surface area contributed by atoms with Gasteiger partial charge in [-0.3, -0.25) is 4.79 Å². The molecule has 0 aliphatic carbocycles. The van der Waals surface area contributed by atoms with Gasteiger partial charge in [0.25, 0.3) is 5.91 Å². The lowest BCUT2D eigenvalue weighted by molar-refractivity contribution is -0.118. The van der Waals surface area contributed by atoms with Crippen molar-refractivity contribution in [3.63, 3.8) is 0 Å². The molecule has 1 aliphatic heterocycles. The van der Waals surface area contributed by atoms with Crippen LogP contribution < -0.4 is 19.6 Å². The molecule has 0 spiro atoms. The van der Waals surface area contributed by atoms with Gasteiger partial charge in [0.2, 0.25) is 4.80 Å². The first-order chi connectivity index (χ1) is 17.5. The first-order valence-corrected chi connectivity index (χ1v) is 12.5. The molecule has 1 N–H and O–H groups in total. The zero-order valence-corrected chi connectivity index (χ0v) is 21.1. The number of nitrogens with zero attached hydrogens (tertiary/aromatic N) is 3. The molecule has 1 aliphatic rings. The summed E-state index contributed by atoms with van der Waals surface area (Å²) < 4.78 is 12.9. The molecule has 0 radical (unpaired) electrons. The van der Waals surface area contributed by atoms with Crippen LogP contribution in [0.15, 0.2) is 76.1 Å². The standard InChI is InChI=1S/C28H26N4O3S/c1-4-34-23-10-6-20(7-11-23)15-29-32-25(21-8-12-26-24(14-21)31-27(33)16-35-26)17-36-28(32)30-22-9-5-18(2)19(3)13-22/h5-15,17H,4,16H2,1-3H3,(H,31,33)/b29-15-,30-28?. The average molecular weight is 499 g/mol. The molecule has 0 saturated heterocycles. The van der Waals surface area contributed by atoms with E-state index in [9.17, 15) is 4.79 Å². The van der Waals surface area contributed by atoms with Gasteiger partial charge < -0.3 is 14.8 Å². The van der Waals surface area contributed by atoms with Crippen LogP contribution in [0.5, 0.6) is 11.5 Å². The number of rotatable bonds is 6. The lowest BCUT2D eigenvalue weighted by Gasteiger charge is -2.18. The fourth-order valence-electron chi connectivity index (χ4n) is 3.78. The molecular formula is C28H26N4O3S. The summed E-state index contributed by atoms with van der Waals surface area (Å²) in [6, 6.07) is 19.7. The Bertz CT molecular complexity index is 1520. The Kier molecular flexibility index (Phi) is 6.69. The lowest BCUT2D eigenvalue weighted by atomic mass is 10.1. The maximum atomic E-state index is 11.8. The normalized spacial score (nSPS) is 13.4. The minimum absolute atomic E-state index is 0.0240. The second kappa shape index (κ2) is 10.2. The lowest BCUT2D eigenvalue weighted by Crippen LogP contribution is -2.25. The summed E-state index contributed by atoms with van der Waals surface area (Å²) in [4.78, 5) is 17.5. The maximum absolute atomic E-state index is 11.8. The first-order valence-electron chi connectivity index (χ1n) is 11.7. The van der Waals surface area contributed by atoms with Gasteiger partial charge in [0.05, 0.1) is 29.9 Å². The van der Waals surface area contributed by atoms with Crippen molar-refractivity contribution >= 4 is 34.8 Å². The Hall–Kier alpha value is -4.17. The molecule has 0 fully saturated rings. The van der Waals surface area contributed by atoms with Gasteiger partial charge in [-0.2, -0.15) is 5.10 Å². The number of thiazole rings is 1. The van der Waals surface area contributed by atoms with E-state index in [1.807, 2.05) is 65.5 Å². The number of amides is 1. The first kappa shape index (κ1) is 23.6. The third kappa shape index (κ3) is 5.08. The molecule has 1 amide bonds. The Morgan fingerprint density at radius 1 is 1.08 bits per heavy atom. The molecule has 1 aromatic heterocycles. The van der Waals surface area contributed by atoms with Crippen molar-refractivity contribution in [2.24, 2.45) is 10.1 Å². The molecule has 0 atom stereocenters. The molecule has 182 valence electrons. The molecule has 4 aromatic rings. The third-order valence-corrected chi connectivity index (χ3v) is 6.64. The van der Waals surface area contributed by atoms with Crippen molar-refractivity contribution in [3.8, 4) is 22.8 Å². The molecular weight excluding hydrogens is 472 g/mol. The van der Waals surface area contributed by atoms with Crippen LogP contribution in [0.3, 0.4) is 0 Å². The summed E-state index contributed by atoms with van der Waals surface area (Å²) in [7, 11) is 0. The van der Waals surface area contributed by atoms with Gasteiger partial charge >= 0.3 is 0 Å². The highest BCUT2D eigenvalue weighted by atomic mass is 32.1. The predicted octanol–water partition coefficient (Wildman–Crippen LogP) is 5.68. The summed E-state index contributed by atoms with van der Waals surface area (Å²) in [6.07, 6.45) is 1.80. The molecule has 36 heavy (non-hydrogen) atoms. The molecule has 3 aromatic carbocycles. The number of hydrogen-bond donors (Lipinski definition) is 1. The van der Waals surface area contributed by atoms with E-state index in [0.717, 1.165) is 33.1 Å². The van der Waals surface area contributed by atoms with Crippen LogP contribution in [0.2, 0.25) is 0 Å². The third-order valence-electron chi connectivity index (χ3n) is 5.82. The molecule has 0 saturated carbocycles. The van der Waals surface area contributed by atoms with Crippen LogP contribution in [0.25, 0.3) is 11.3 Å². The highest BCUT2D eigenvalue weighted by Gasteiger charge is 2.18. The highest BCUT2D eigenvalue weighted by molar-refractivity contribution is 7.07. The van der Waals surface area contributed by atoms with E-state index in [4.69, 9.17) is 19.6 Å². The van der Waals surface area contributed by atoms with Crippen molar-refractivity contribution in [2.45, 2.75) is 20.8 Å². The fourth-order valence-corrected chi connectivity index (χ4v) is 4.63. The Morgan fingerprint density at radius 2 is 1.92 bits per heavy atom. The van der Waals surface area contributed by atoms with Crippen molar-refractivity contribution in [2.75, 3.05) is 18.5 Å². The van der Waals surface area contributed by atoms with E-state index in [1.165, 1.54) is 22.5 Å². The van der Waals surface area contributed by atoms with Crippen molar-refractivity contribution in [1.82, 2.24) is 4.68 Å². The minimum atomic E-state index is -0.170. The van der Waals surface area contributed by atoms with E-state index < -0.39 is 0 Å². The zero-order valence-electron chi connectivity index (χ0n) is 20.3. The summed E-state index contributed by atoms with van der Waals surface area (Å²) in [5.74, 6) is 1.30. The zero-order chi connectivity index (χ0) is 25.1. The number of aryl methyl sites for hydroxylation is 2. The Morgan fingerprint density at radius 3 is 2.69 bits per heavy atom. The smallest absolute Gasteiger partial charge is 0.262 e. The number of carbonyl (C=O) groups is 1. The monoisotopic (exact) mass is 498 g/mol. The van der Waals surface area contributed by atoms with Gasteiger partial charge in [-0.25, -0.2) is 9.67 Å². The SMILES string of the molecule is CCOc1ccc(/C=N\n2c(-c3ccc4c(c3)NC(=O)CO4)csc2=Nc2ccc(C)c(C)c2)cc1. The number of benzene rings is 3. The van der Waals surface area contributed by atoms with E-state index in [1.54, 1.807) is 6.21 Å². The van der Waals surface area contributed by atoms with Crippen LogP contribution in [0.1, 0.15) is 23.6 Å². The van der Waals surface area contributed by atoms with Gasteiger partial charge in [-0.15, -0.1) is 11.3 Å². The molecule has 7 nitrogen and oxygen atoms in total. The van der Waals surface area contributed by atoms with Crippen molar-refractivity contribution < 1.29 is 14.3 Å². The number of carbonyl (C=O) groups excluding carboxylic acids is 1. The number of fused-ring (bicyclic) bond motifs is 1. The predicted molar refractivity (Wildman–Crippen MR) is 144 cm³/mol.